The number of hydrogen-bond acceptors (Lipinski definition) is 3. The van der Waals surface area contributed by atoms with Gasteiger partial charge < -0.3 is 10.5 Å². The molecule has 102 valence electrons. The van der Waals surface area contributed by atoms with Crippen molar-refractivity contribution in [3.63, 3.8) is 0 Å². The van der Waals surface area contributed by atoms with Crippen molar-refractivity contribution in [1.29, 1.82) is 0 Å². The first-order chi connectivity index (χ1) is 8.06. The average molecular weight is 243 g/mol. The standard InChI is InChI=1S/C14H29NO2/c1-5-8-9-12(7-3)10-17-14(16)13(15)11(4)6-2/h11-13H,5-10,15H2,1-4H3/t11-,12?,13-/m0/s1. The minimum atomic E-state index is -0.469. The van der Waals surface area contributed by atoms with Crippen LogP contribution in [0.4, 0.5) is 0 Å². The zero-order valence-electron chi connectivity index (χ0n) is 11.9. The number of nitrogens with two attached hydrogens (primary N) is 1. The van der Waals surface area contributed by atoms with Gasteiger partial charge in [0.1, 0.15) is 6.04 Å². The zero-order valence-corrected chi connectivity index (χ0v) is 11.9. The fourth-order valence-electron chi connectivity index (χ4n) is 1.68. The van der Waals surface area contributed by atoms with Gasteiger partial charge in [0.15, 0.2) is 0 Å². The van der Waals surface area contributed by atoms with E-state index in [4.69, 9.17) is 10.5 Å². The van der Waals surface area contributed by atoms with Crippen LogP contribution in [-0.4, -0.2) is 18.6 Å². The second-order valence-electron chi connectivity index (χ2n) is 4.96. The minimum Gasteiger partial charge on any atom is -0.464 e. The van der Waals surface area contributed by atoms with Gasteiger partial charge in [-0.3, -0.25) is 4.79 Å². The third kappa shape index (κ3) is 6.67. The van der Waals surface area contributed by atoms with Crippen LogP contribution in [0.25, 0.3) is 0 Å². The maximum Gasteiger partial charge on any atom is 0.323 e. The number of ether oxygens (including phenoxy) is 1. The highest BCUT2D eigenvalue weighted by atomic mass is 16.5. The van der Waals surface area contributed by atoms with Gasteiger partial charge in [0.25, 0.3) is 0 Å². The summed E-state index contributed by atoms with van der Waals surface area (Å²) in [5, 5.41) is 0. The lowest BCUT2D eigenvalue weighted by Gasteiger charge is -2.19. The summed E-state index contributed by atoms with van der Waals surface area (Å²) in [5.41, 5.74) is 5.82. The lowest BCUT2D eigenvalue weighted by Crippen LogP contribution is -2.38. The molecule has 0 saturated carbocycles. The van der Waals surface area contributed by atoms with E-state index in [0.717, 1.165) is 19.3 Å². The fourth-order valence-corrected chi connectivity index (χ4v) is 1.68. The Bertz CT molecular complexity index is 206. The molecule has 0 spiro atoms. The molecule has 1 unspecified atom stereocenters. The molecule has 0 aromatic heterocycles. The summed E-state index contributed by atoms with van der Waals surface area (Å²) in [6, 6.07) is -0.469. The Labute approximate surface area is 106 Å². The average Bonchev–Trinajstić information content (AvgIpc) is 2.36. The van der Waals surface area contributed by atoms with E-state index in [1.807, 2.05) is 13.8 Å². The van der Waals surface area contributed by atoms with Gasteiger partial charge in [-0.05, 0) is 18.3 Å². The number of carbonyl (C=O) groups excluding carboxylic acids is 1. The Morgan fingerprint density at radius 3 is 2.35 bits per heavy atom. The number of carbonyl (C=O) groups is 1. The molecule has 3 nitrogen and oxygen atoms in total. The summed E-state index contributed by atoms with van der Waals surface area (Å²) < 4.78 is 5.31. The number of unbranched alkanes of at least 4 members (excludes halogenated alkanes) is 1. The molecule has 0 aromatic rings. The van der Waals surface area contributed by atoms with Crippen LogP contribution in [0, 0.1) is 11.8 Å². The molecule has 17 heavy (non-hydrogen) atoms. The Kier molecular flexibility index (Phi) is 9.14. The van der Waals surface area contributed by atoms with Gasteiger partial charge in [-0.25, -0.2) is 0 Å². The Morgan fingerprint density at radius 1 is 1.24 bits per heavy atom. The molecule has 0 saturated heterocycles. The second-order valence-corrected chi connectivity index (χ2v) is 4.96. The summed E-state index contributed by atoms with van der Waals surface area (Å²) in [6.45, 7) is 8.87. The molecule has 0 rings (SSSR count). The summed E-state index contributed by atoms with van der Waals surface area (Å²) in [6.07, 6.45) is 5.50. The molecular weight excluding hydrogens is 214 g/mol. The van der Waals surface area contributed by atoms with Crippen molar-refractivity contribution in [3.05, 3.63) is 0 Å². The van der Waals surface area contributed by atoms with Crippen LogP contribution in [0.15, 0.2) is 0 Å². The molecule has 0 fully saturated rings. The first-order valence-electron chi connectivity index (χ1n) is 6.98. The van der Waals surface area contributed by atoms with Crippen molar-refractivity contribution in [1.82, 2.24) is 0 Å². The van der Waals surface area contributed by atoms with Gasteiger partial charge in [-0.2, -0.15) is 0 Å². The van der Waals surface area contributed by atoms with E-state index in [9.17, 15) is 4.79 Å². The molecule has 0 radical (unpaired) electrons. The van der Waals surface area contributed by atoms with Crippen LogP contribution in [0.1, 0.15) is 59.8 Å². The van der Waals surface area contributed by atoms with E-state index < -0.39 is 6.04 Å². The van der Waals surface area contributed by atoms with E-state index in [1.165, 1.54) is 12.8 Å². The van der Waals surface area contributed by atoms with Crippen LogP contribution in [-0.2, 0) is 9.53 Å². The lowest BCUT2D eigenvalue weighted by molar-refractivity contribution is -0.148. The second kappa shape index (κ2) is 9.46. The topological polar surface area (TPSA) is 52.3 Å². The van der Waals surface area contributed by atoms with Gasteiger partial charge in [0.05, 0.1) is 6.61 Å². The van der Waals surface area contributed by atoms with Gasteiger partial charge in [-0.15, -0.1) is 0 Å². The minimum absolute atomic E-state index is 0.193. The summed E-state index contributed by atoms with van der Waals surface area (Å²) in [4.78, 5) is 11.7. The largest absolute Gasteiger partial charge is 0.464 e. The first kappa shape index (κ1) is 16.4. The number of hydrogen-bond donors (Lipinski definition) is 1. The normalized spacial score (nSPS) is 16.3. The van der Waals surface area contributed by atoms with Crippen molar-refractivity contribution < 1.29 is 9.53 Å². The van der Waals surface area contributed by atoms with E-state index in [1.54, 1.807) is 0 Å². The maximum atomic E-state index is 11.7. The molecule has 0 amide bonds. The highest BCUT2D eigenvalue weighted by Crippen LogP contribution is 2.14. The molecular formula is C14H29NO2. The van der Waals surface area contributed by atoms with E-state index in [2.05, 4.69) is 13.8 Å². The van der Waals surface area contributed by atoms with Gasteiger partial charge in [-0.1, -0.05) is 53.4 Å². The van der Waals surface area contributed by atoms with Crippen LogP contribution >= 0.6 is 0 Å². The highest BCUT2D eigenvalue weighted by Gasteiger charge is 2.21. The van der Waals surface area contributed by atoms with Crippen molar-refractivity contribution in [3.8, 4) is 0 Å². The van der Waals surface area contributed by atoms with Gasteiger partial charge in [0, 0.05) is 0 Å². The zero-order chi connectivity index (χ0) is 13.3. The molecule has 3 atom stereocenters. The Morgan fingerprint density at radius 2 is 1.88 bits per heavy atom. The molecule has 0 aliphatic heterocycles. The quantitative estimate of drug-likeness (QED) is 0.633. The van der Waals surface area contributed by atoms with E-state index in [-0.39, 0.29) is 11.9 Å². The molecule has 2 N–H and O–H groups in total. The van der Waals surface area contributed by atoms with Crippen molar-refractivity contribution in [2.75, 3.05) is 6.61 Å². The molecule has 0 aromatic carbocycles. The predicted octanol–water partition coefficient (Wildman–Crippen LogP) is 3.12. The third-order valence-electron chi connectivity index (χ3n) is 3.53. The predicted molar refractivity (Wildman–Crippen MR) is 71.7 cm³/mol. The smallest absolute Gasteiger partial charge is 0.323 e. The van der Waals surface area contributed by atoms with Gasteiger partial charge >= 0.3 is 5.97 Å². The van der Waals surface area contributed by atoms with E-state index >= 15 is 0 Å². The molecule has 3 heteroatoms. The maximum absolute atomic E-state index is 11.7. The van der Waals surface area contributed by atoms with Crippen LogP contribution in [0.3, 0.4) is 0 Å². The molecule has 0 heterocycles. The van der Waals surface area contributed by atoms with Crippen molar-refractivity contribution >= 4 is 5.97 Å². The van der Waals surface area contributed by atoms with Crippen molar-refractivity contribution in [2.24, 2.45) is 17.6 Å². The number of esters is 1. The van der Waals surface area contributed by atoms with Crippen LogP contribution < -0.4 is 5.73 Å². The summed E-state index contributed by atoms with van der Waals surface area (Å²) >= 11 is 0. The van der Waals surface area contributed by atoms with Crippen molar-refractivity contribution in [2.45, 2.75) is 65.8 Å². The van der Waals surface area contributed by atoms with E-state index in [0.29, 0.717) is 12.5 Å². The summed E-state index contributed by atoms with van der Waals surface area (Å²) in [7, 11) is 0. The van der Waals surface area contributed by atoms with Gasteiger partial charge in [0.2, 0.25) is 0 Å². The Hall–Kier alpha value is -0.570. The lowest BCUT2D eigenvalue weighted by atomic mass is 9.99. The number of rotatable bonds is 9. The fraction of sp³-hybridized carbons (Fsp3) is 0.929. The SMILES string of the molecule is CCCCC(CC)COC(=O)[C@@H](N)[C@@H](C)CC. The molecule has 0 aliphatic carbocycles. The monoisotopic (exact) mass is 243 g/mol. The molecule has 0 bridgehead atoms. The first-order valence-corrected chi connectivity index (χ1v) is 6.98. The Balaban J connectivity index is 3.95. The van der Waals surface area contributed by atoms with Crippen LogP contribution in [0.5, 0.6) is 0 Å². The van der Waals surface area contributed by atoms with Crippen LogP contribution in [0.2, 0.25) is 0 Å². The highest BCUT2D eigenvalue weighted by molar-refractivity contribution is 5.75. The third-order valence-corrected chi connectivity index (χ3v) is 3.53. The summed E-state index contributed by atoms with van der Waals surface area (Å²) in [5.74, 6) is 0.440. The molecule has 0 aliphatic rings.